The van der Waals surface area contributed by atoms with E-state index in [0.29, 0.717) is 34.8 Å². The summed E-state index contributed by atoms with van der Waals surface area (Å²) < 4.78 is 11.1. The van der Waals surface area contributed by atoms with E-state index in [1.165, 1.54) is 0 Å². The van der Waals surface area contributed by atoms with Crippen molar-refractivity contribution in [2.75, 3.05) is 18.6 Å². The number of ether oxygens (including phenoxy) is 2. The van der Waals surface area contributed by atoms with Gasteiger partial charge in [0.15, 0.2) is 11.5 Å². The number of benzene rings is 2. The van der Waals surface area contributed by atoms with Gasteiger partial charge < -0.3 is 9.47 Å². The predicted molar refractivity (Wildman–Crippen MR) is 96.5 cm³/mol. The van der Waals surface area contributed by atoms with Crippen LogP contribution in [0.1, 0.15) is 19.4 Å². The number of anilines is 1. The molecule has 0 aliphatic carbocycles. The summed E-state index contributed by atoms with van der Waals surface area (Å²) in [5.41, 5.74) is 4.52. The van der Waals surface area contributed by atoms with Gasteiger partial charge in [0.05, 0.1) is 30.1 Å². The Kier molecular flexibility index (Phi) is 6.56. The average molecular weight is 353 g/mol. The molecular formula is C17H18Cl2N2O2. The van der Waals surface area contributed by atoms with E-state index < -0.39 is 0 Å². The summed E-state index contributed by atoms with van der Waals surface area (Å²) >= 11 is 12.2. The van der Waals surface area contributed by atoms with Gasteiger partial charge in [-0.25, -0.2) is 0 Å². The maximum absolute atomic E-state index is 6.26. The van der Waals surface area contributed by atoms with Crippen LogP contribution in [-0.4, -0.2) is 19.4 Å². The molecule has 0 amide bonds. The van der Waals surface area contributed by atoms with Gasteiger partial charge in [-0.2, -0.15) is 5.10 Å². The molecule has 0 atom stereocenters. The van der Waals surface area contributed by atoms with Crippen LogP contribution in [-0.2, 0) is 0 Å². The SMILES string of the molecule is CCOc1cc(C=NNc2cccc(Cl)c2)cc(Cl)c1OCC. The minimum Gasteiger partial charge on any atom is -0.490 e. The molecule has 0 bridgehead atoms. The van der Waals surface area contributed by atoms with Crippen molar-refractivity contribution in [2.24, 2.45) is 5.10 Å². The molecule has 0 unspecified atom stereocenters. The molecule has 4 nitrogen and oxygen atoms in total. The zero-order valence-electron chi connectivity index (χ0n) is 13.0. The molecule has 0 aliphatic rings. The first-order valence-corrected chi connectivity index (χ1v) is 8.03. The third kappa shape index (κ3) is 5.05. The minimum atomic E-state index is 0.488. The van der Waals surface area contributed by atoms with Gasteiger partial charge in [0.25, 0.3) is 0 Å². The van der Waals surface area contributed by atoms with Crippen LogP contribution in [0.25, 0.3) is 0 Å². The van der Waals surface area contributed by atoms with Crippen LogP contribution in [0.2, 0.25) is 10.0 Å². The monoisotopic (exact) mass is 352 g/mol. The van der Waals surface area contributed by atoms with Crippen molar-refractivity contribution in [3.63, 3.8) is 0 Å². The van der Waals surface area contributed by atoms with Gasteiger partial charge in [-0.3, -0.25) is 5.43 Å². The molecule has 2 aromatic rings. The van der Waals surface area contributed by atoms with Crippen LogP contribution < -0.4 is 14.9 Å². The van der Waals surface area contributed by atoms with Crippen LogP contribution in [0.4, 0.5) is 5.69 Å². The minimum absolute atomic E-state index is 0.488. The quantitative estimate of drug-likeness (QED) is 0.547. The van der Waals surface area contributed by atoms with Crippen molar-refractivity contribution in [3.05, 3.63) is 52.0 Å². The van der Waals surface area contributed by atoms with Crippen molar-refractivity contribution in [3.8, 4) is 11.5 Å². The Labute approximate surface area is 146 Å². The number of nitrogens with one attached hydrogen (secondary N) is 1. The maximum Gasteiger partial charge on any atom is 0.179 e. The fourth-order valence-electron chi connectivity index (χ4n) is 1.95. The zero-order chi connectivity index (χ0) is 16.7. The van der Waals surface area contributed by atoms with Gasteiger partial charge >= 0.3 is 0 Å². The van der Waals surface area contributed by atoms with Crippen LogP contribution in [0.3, 0.4) is 0 Å². The van der Waals surface area contributed by atoms with E-state index in [4.69, 9.17) is 32.7 Å². The second kappa shape index (κ2) is 8.65. The molecule has 0 heterocycles. The first-order chi connectivity index (χ1) is 11.1. The molecule has 2 aromatic carbocycles. The van der Waals surface area contributed by atoms with Gasteiger partial charge in [-0.1, -0.05) is 29.3 Å². The molecule has 2 rings (SSSR count). The summed E-state index contributed by atoms with van der Waals surface area (Å²) in [6, 6.07) is 10.9. The predicted octanol–water partition coefficient (Wildman–Crippen LogP) is 5.24. The van der Waals surface area contributed by atoms with E-state index in [2.05, 4.69) is 10.5 Å². The molecule has 0 aliphatic heterocycles. The summed E-state index contributed by atoms with van der Waals surface area (Å²) in [6.07, 6.45) is 1.66. The number of halogens is 2. The third-order valence-corrected chi connectivity index (χ3v) is 3.37. The summed E-state index contributed by atoms with van der Waals surface area (Å²) in [4.78, 5) is 0. The highest BCUT2D eigenvalue weighted by Gasteiger charge is 2.11. The lowest BCUT2D eigenvalue weighted by Crippen LogP contribution is -2.00. The van der Waals surface area contributed by atoms with Gasteiger partial charge in [0, 0.05) is 5.02 Å². The molecule has 1 N–H and O–H groups in total. The lowest BCUT2D eigenvalue weighted by Gasteiger charge is -2.13. The summed E-state index contributed by atoms with van der Waals surface area (Å²) in [5.74, 6) is 1.15. The Bertz CT molecular complexity index is 690. The van der Waals surface area contributed by atoms with E-state index in [0.717, 1.165) is 11.3 Å². The van der Waals surface area contributed by atoms with Crippen LogP contribution in [0.5, 0.6) is 11.5 Å². The van der Waals surface area contributed by atoms with E-state index in [-0.39, 0.29) is 0 Å². The largest absolute Gasteiger partial charge is 0.490 e. The van der Waals surface area contributed by atoms with Crippen molar-refractivity contribution in [1.82, 2.24) is 0 Å². The molecule has 6 heteroatoms. The molecule has 122 valence electrons. The lowest BCUT2D eigenvalue weighted by atomic mass is 10.2. The Hall–Kier alpha value is -1.91. The van der Waals surface area contributed by atoms with Crippen molar-refractivity contribution in [1.29, 1.82) is 0 Å². The standard InChI is InChI=1S/C17H18Cl2N2O2/c1-3-22-16-9-12(8-15(19)17(16)23-4-2)11-20-21-14-7-5-6-13(18)10-14/h5-11,21H,3-4H2,1-2H3. The zero-order valence-corrected chi connectivity index (χ0v) is 14.5. The fourth-order valence-corrected chi connectivity index (χ4v) is 2.41. The molecule has 0 fully saturated rings. The van der Waals surface area contributed by atoms with E-state index >= 15 is 0 Å². The Morgan fingerprint density at radius 1 is 1.09 bits per heavy atom. The van der Waals surface area contributed by atoms with E-state index in [1.807, 2.05) is 32.0 Å². The molecular weight excluding hydrogens is 335 g/mol. The third-order valence-electron chi connectivity index (χ3n) is 2.85. The number of nitrogens with zero attached hydrogens (tertiary/aromatic N) is 1. The Morgan fingerprint density at radius 3 is 2.57 bits per heavy atom. The molecule has 0 saturated carbocycles. The Balaban J connectivity index is 2.17. The van der Waals surface area contributed by atoms with Crippen molar-refractivity contribution in [2.45, 2.75) is 13.8 Å². The average Bonchev–Trinajstić information content (AvgIpc) is 2.51. The van der Waals surface area contributed by atoms with E-state index in [9.17, 15) is 0 Å². The Morgan fingerprint density at radius 2 is 1.87 bits per heavy atom. The number of hydrogen-bond acceptors (Lipinski definition) is 4. The number of hydrogen-bond donors (Lipinski definition) is 1. The second-order valence-electron chi connectivity index (χ2n) is 4.58. The molecule has 0 aromatic heterocycles. The topological polar surface area (TPSA) is 42.8 Å². The van der Waals surface area contributed by atoms with Crippen LogP contribution >= 0.6 is 23.2 Å². The molecule has 0 saturated heterocycles. The van der Waals surface area contributed by atoms with Crippen molar-refractivity contribution >= 4 is 35.1 Å². The normalized spacial score (nSPS) is 10.8. The summed E-state index contributed by atoms with van der Waals surface area (Å²) in [6.45, 7) is 4.85. The van der Waals surface area contributed by atoms with Crippen LogP contribution in [0, 0.1) is 0 Å². The molecule has 23 heavy (non-hydrogen) atoms. The highest BCUT2D eigenvalue weighted by molar-refractivity contribution is 6.32. The summed E-state index contributed by atoms with van der Waals surface area (Å²) in [5, 5.41) is 5.32. The maximum atomic E-state index is 6.26. The molecule has 0 spiro atoms. The first-order valence-electron chi connectivity index (χ1n) is 7.27. The first kappa shape index (κ1) is 17.4. The number of hydrazone groups is 1. The summed E-state index contributed by atoms with van der Waals surface area (Å²) in [7, 11) is 0. The van der Waals surface area contributed by atoms with E-state index in [1.54, 1.807) is 24.4 Å². The number of rotatable bonds is 7. The van der Waals surface area contributed by atoms with Gasteiger partial charge in [-0.15, -0.1) is 0 Å². The molecule has 0 radical (unpaired) electrons. The van der Waals surface area contributed by atoms with Gasteiger partial charge in [0.1, 0.15) is 0 Å². The fraction of sp³-hybridized carbons (Fsp3) is 0.235. The lowest BCUT2D eigenvalue weighted by molar-refractivity contribution is 0.288. The second-order valence-corrected chi connectivity index (χ2v) is 5.42. The van der Waals surface area contributed by atoms with Crippen molar-refractivity contribution < 1.29 is 9.47 Å². The smallest absolute Gasteiger partial charge is 0.179 e. The van der Waals surface area contributed by atoms with Crippen LogP contribution in [0.15, 0.2) is 41.5 Å². The highest BCUT2D eigenvalue weighted by Crippen LogP contribution is 2.36. The van der Waals surface area contributed by atoms with Gasteiger partial charge in [0.2, 0.25) is 0 Å². The highest BCUT2D eigenvalue weighted by atomic mass is 35.5. The van der Waals surface area contributed by atoms with Gasteiger partial charge in [-0.05, 0) is 49.7 Å².